The number of aliphatic hydroxyl groups excluding tert-OH is 1. The first kappa shape index (κ1) is 13.2. The predicted octanol–water partition coefficient (Wildman–Crippen LogP) is 2.67. The fraction of sp³-hybridized carbons (Fsp3) is 0.600. The molecule has 1 aromatic carbocycles. The summed E-state index contributed by atoms with van der Waals surface area (Å²) in [5.41, 5.74) is 2.31. The van der Waals surface area contributed by atoms with Gasteiger partial charge in [0, 0.05) is 29.6 Å². The normalized spacial score (nSPS) is 26.0. The third-order valence-corrected chi connectivity index (χ3v) is 4.33. The van der Waals surface area contributed by atoms with Gasteiger partial charge in [0.05, 0.1) is 12.7 Å². The zero-order valence-electron chi connectivity index (χ0n) is 11.0. The molecule has 0 amide bonds. The summed E-state index contributed by atoms with van der Waals surface area (Å²) in [4.78, 5) is 0. The number of nitrogens with one attached hydrogen (secondary N) is 1. The Bertz CT molecular complexity index is 464. The van der Waals surface area contributed by atoms with Crippen molar-refractivity contribution in [1.82, 2.24) is 5.32 Å². The summed E-state index contributed by atoms with van der Waals surface area (Å²) in [7, 11) is 0. The Kier molecular flexibility index (Phi) is 3.96. The molecule has 3 nitrogen and oxygen atoms in total. The largest absolute Gasteiger partial charge is 0.493 e. The Morgan fingerprint density at radius 3 is 3.00 bits per heavy atom. The van der Waals surface area contributed by atoms with Gasteiger partial charge in [0.25, 0.3) is 0 Å². The maximum absolute atomic E-state index is 9.98. The molecule has 4 heteroatoms. The second kappa shape index (κ2) is 5.70. The van der Waals surface area contributed by atoms with E-state index in [4.69, 9.17) is 16.3 Å². The third kappa shape index (κ3) is 2.88. The Labute approximate surface area is 118 Å². The highest BCUT2D eigenvalue weighted by Gasteiger charge is 2.23. The molecule has 2 unspecified atom stereocenters. The lowest BCUT2D eigenvalue weighted by molar-refractivity contribution is 0.0901. The van der Waals surface area contributed by atoms with Gasteiger partial charge in [0.2, 0.25) is 0 Å². The van der Waals surface area contributed by atoms with E-state index in [0.29, 0.717) is 6.54 Å². The lowest BCUT2D eigenvalue weighted by atomic mass is 9.92. The molecule has 3 rings (SSSR count). The molecule has 2 aliphatic rings. The van der Waals surface area contributed by atoms with E-state index in [1.807, 2.05) is 12.1 Å². The highest BCUT2D eigenvalue weighted by atomic mass is 35.5. The number of aliphatic hydroxyl groups is 1. The van der Waals surface area contributed by atoms with Gasteiger partial charge in [-0.2, -0.15) is 0 Å². The molecule has 0 spiro atoms. The number of hydrogen-bond donors (Lipinski definition) is 2. The fourth-order valence-corrected chi connectivity index (χ4v) is 3.33. The quantitative estimate of drug-likeness (QED) is 0.895. The van der Waals surface area contributed by atoms with Gasteiger partial charge in [-0.05, 0) is 30.5 Å². The van der Waals surface area contributed by atoms with Crippen molar-refractivity contribution in [2.75, 3.05) is 6.61 Å². The second-order valence-corrected chi connectivity index (χ2v) is 5.93. The molecule has 0 radical (unpaired) electrons. The minimum absolute atomic E-state index is 0.199. The number of halogens is 1. The number of rotatable bonds is 3. The molecule has 1 saturated carbocycles. The van der Waals surface area contributed by atoms with Crippen molar-refractivity contribution in [2.45, 2.75) is 50.8 Å². The van der Waals surface area contributed by atoms with E-state index < -0.39 is 0 Å². The van der Waals surface area contributed by atoms with E-state index in [0.717, 1.165) is 48.6 Å². The number of benzene rings is 1. The van der Waals surface area contributed by atoms with Crippen LogP contribution in [0.25, 0.3) is 0 Å². The number of hydrogen-bond acceptors (Lipinski definition) is 3. The van der Waals surface area contributed by atoms with Crippen molar-refractivity contribution in [2.24, 2.45) is 0 Å². The Morgan fingerprint density at radius 1 is 1.32 bits per heavy atom. The van der Waals surface area contributed by atoms with Gasteiger partial charge in [-0.25, -0.2) is 0 Å². The van der Waals surface area contributed by atoms with Crippen LogP contribution in [0.2, 0.25) is 5.02 Å². The van der Waals surface area contributed by atoms with Crippen molar-refractivity contribution >= 4 is 11.6 Å². The van der Waals surface area contributed by atoms with E-state index in [1.165, 1.54) is 12.0 Å². The summed E-state index contributed by atoms with van der Waals surface area (Å²) in [6.07, 6.45) is 5.00. The molecule has 1 aromatic rings. The first-order valence-corrected chi connectivity index (χ1v) is 7.47. The van der Waals surface area contributed by atoms with Gasteiger partial charge >= 0.3 is 0 Å². The zero-order valence-corrected chi connectivity index (χ0v) is 11.7. The van der Waals surface area contributed by atoms with Crippen LogP contribution >= 0.6 is 11.6 Å². The summed E-state index contributed by atoms with van der Waals surface area (Å²) in [5, 5.41) is 14.2. The third-order valence-electron chi connectivity index (χ3n) is 4.11. The predicted molar refractivity (Wildman–Crippen MR) is 75.8 cm³/mol. The molecule has 2 atom stereocenters. The summed E-state index contributed by atoms with van der Waals surface area (Å²) >= 11 is 6.15. The molecule has 19 heavy (non-hydrogen) atoms. The Hall–Kier alpha value is -0.770. The van der Waals surface area contributed by atoms with Crippen LogP contribution < -0.4 is 10.1 Å². The first-order valence-electron chi connectivity index (χ1n) is 7.09. The topological polar surface area (TPSA) is 41.5 Å². The van der Waals surface area contributed by atoms with Crippen molar-refractivity contribution in [3.63, 3.8) is 0 Å². The maximum Gasteiger partial charge on any atom is 0.127 e. The van der Waals surface area contributed by atoms with E-state index in [1.54, 1.807) is 0 Å². The fourth-order valence-electron chi connectivity index (χ4n) is 3.07. The van der Waals surface area contributed by atoms with Crippen LogP contribution in [0.4, 0.5) is 0 Å². The standard InChI is InChI=1S/C15H20ClNO2/c16-12-7-10-5-6-19-15(10)11(8-12)9-17-13-3-1-2-4-14(13)18/h7-8,13-14,17-18H,1-6,9H2. The van der Waals surface area contributed by atoms with Crippen LogP contribution in [0, 0.1) is 0 Å². The molecule has 0 bridgehead atoms. The van der Waals surface area contributed by atoms with Crippen LogP contribution in [-0.2, 0) is 13.0 Å². The van der Waals surface area contributed by atoms with Crippen LogP contribution in [0.3, 0.4) is 0 Å². The minimum atomic E-state index is -0.220. The zero-order chi connectivity index (χ0) is 13.2. The molecular formula is C15H20ClNO2. The van der Waals surface area contributed by atoms with Crippen molar-refractivity contribution in [3.8, 4) is 5.75 Å². The minimum Gasteiger partial charge on any atom is -0.493 e. The maximum atomic E-state index is 9.98. The average molecular weight is 282 g/mol. The number of ether oxygens (including phenoxy) is 1. The molecule has 1 aliphatic carbocycles. The van der Waals surface area contributed by atoms with E-state index in [9.17, 15) is 5.11 Å². The van der Waals surface area contributed by atoms with E-state index >= 15 is 0 Å². The Morgan fingerprint density at radius 2 is 2.16 bits per heavy atom. The molecular weight excluding hydrogens is 262 g/mol. The van der Waals surface area contributed by atoms with Crippen molar-refractivity contribution in [1.29, 1.82) is 0 Å². The van der Waals surface area contributed by atoms with Crippen LogP contribution in [0.5, 0.6) is 5.75 Å². The SMILES string of the molecule is OC1CCCCC1NCc1cc(Cl)cc2c1OCC2. The van der Waals surface area contributed by atoms with Crippen molar-refractivity contribution < 1.29 is 9.84 Å². The van der Waals surface area contributed by atoms with Gasteiger partial charge in [0.15, 0.2) is 0 Å². The lowest BCUT2D eigenvalue weighted by Gasteiger charge is -2.28. The number of fused-ring (bicyclic) bond motifs is 1. The van der Waals surface area contributed by atoms with Gasteiger partial charge in [-0.3, -0.25) is 0 Å². The first-order chi connectivity index (χ1) is 9.24. The average Bonchev–Trinajstić information content (AvgIpc) is 2.85. The summed E-state index contributed by atoms with van der Waals surface area (Å²) in [6.45, 7) is 1.46. The van der Waals surface area contributed by atoms with Gasteiger partial charge < -0.3 is 15.2 Å². The van der Waals surface area contributed by atoms with Gasteiger partial charge in [-0.1, -0.05) is 24.4 Å². The Balaban J connectivity index is 1.70. The molecule has 1 fully saturated rings. The van der Waals surface area contributed by atoms with Crippen LogP contribution in [0.1, 0.15) is 36.8 Å². The molecule has 0 aromatic heterocycles. The van der Waals surface area contributed by atoms with E-state index in [2.05, 4.69) is 5.32 Å². The van der Waals surface area contributed by atoms with E-state index in [-0.39, 0.29) is 12.1 Å². The lowest BCUT2D eigenvalue weighted by Crippen LogP contribution is -2.41. The molecule has 104 valence electrons. The highest BCUT2D eigenvalue weighted by Crippen LogP contribution is 2.33. The molecule has 1 heterocycles. The molecule has 2 N–H and O–H groups in total. The molecule has 1 aliphatic heterocycles. The molecule has 0 saturated heterocycles. The summed E-state index contributed by atoms with van der Waals surface area (Å²) < 4.78 is 5.69. The van der Waals surface area contributed by atoms with Crippen molar-refractivity contribution in [3.05, 3.63) is 28.3 Å². The smallest absolute Gasteiger partial charge is 0.127 e. The summed E-state index contributed by atoms with van der Waals surface area (Å²) in [5.74, 6) is 0.988. The second-order valence-electron chi connectivity index (χ2n) is 5.49. The monoisotopic (exact) mass is 281 g/mol. The van der Waals surface area contributed by atoms with Gasteiger partial charge in [0.1, 0.15) is 5.75 Å². The van der Waals surface area contributed by atoms with Crippen LogP contribution in [0.15, 0.2) is 12.1 Å². The summed E-state index contributed by atoms with van der Waals surface area (Å²) in [6, 6.07) is 4.15. The van der Waals surface area contributed by atoms with Gasteiger partial charge in [-0.15, -0.1) is 0 Å². The van der Waals surface area contributed by atoms with Crippen LogP contribution in [-0.4, -0.2) is 23.9 Å². The highest BCUT2D eigenvalue weighted by molar-refractivity contribution is 6.30.